The summed E-state index contributed by atoms with van der Waals surface area (Å²) in [5, 5.41) is 3.01. The summed E-state index contributed by atoms with van der Waals surface area (Å²) < 4.78 is 10.9. The summed E-state index contributed by atoms with van der Waals surface area (Å²) in [4.78, 5) is 15.2. The number of amides is 1. The van der Waals surface area contributed by atoms with Crippen LogP contribution < -0.4 is 5.32 Å². The summed E-state index contributed by atoms with van der Waals surface area (Å²) >= 11 is 0. The standard InChI is InChI=1S/C20H30N2O3/c1-16-4-3-11-22(14-16)15-17-5-7-18(8-6-17)21-19(23)20(24-2)9-12-25-13-10-20/h5-8,16H,3-4,9-15H2,1-2H3,(H,21,23)/t16-/m0/s1. The van der Waals surface area contributed by atoms with E-state index in [1.54, 1.807) is 7.11 Å². The van der Waals surface area contributed by atoms with Crippen LogP contribution in [0.5, 0.6) is 0 Å². The molecule has 0 aromatic heterocycles. The van der Waals surface area contributed by atoms with Crippen molar-refractivity contribution in [2.45, 2.75) is 44.8 Å². The average molecular weight is 346 g/mol. The van der Waals surface area contributed by atoms with E-state index in [4.69, 9.17) is 9.47 Å². The lowest BCUT2D eigenvalue weighted by Crippen LogP contribution is -2.48. The molecule has 0 saturated carbocycles. The maximum Gasteiger partial charge on any atom is 0.256 e. The van der Waals surface area contributed by atoms with Gasteiger partial charge in [0, 0.05) is 51.9 Å². The number of carbonyl (C=O) groups excluding carboxylic acids is 1. The minimum Gasteiger partial charge on any atom is -0.381 e. The van der Waals surface area contributed by atoms with Gasteiger partial charge < -0.3 is 14.8 Å². The first-order valence-electron chi connectivity index (χ1n) is 9.37. The molecule has 5 nitrogen and oxygen atoms in total. The van der Waals surface area contributed by atoms with Crippen molar-refractivity contribution in [1.82, 2.24) is 4.90 Å². The van der Waals surface area contributed by atoms with E-state index in [0.29, 0.717) is 26.1 Å². The molecule has 2 aliphatic heterocycles. The zero-order chi connectivity index (χ0) is 17.7. The number of anilines is 1. The number of carbonyl (C=O) groups is 1. The smallest absolute Gasteiger partial charge is 0.256 e. The summed E-state index contributed by atoms with van der Waals surface area (Å²) in [6.45, 7) is 6.80. The van der Waals surface area contributed by atoms with Crippen molar-refractivity contribution < 1.29 is 14.3 Å². The van der Waals surface area contributed by atoms with Crippen LogP contribution in [0.3, 0.4) is 0 Å². The molecule has 1 aromatic rings. The van der Waals surface area contributed by atoms with Gasteiger partial charge in [-0.15, -0.1) is 0 Å². The van der Waals surface area contributed by atoms with Crippen molar-refractivity contribution in [2.75, 3.05) is 38.7 Å². The van der Waals surface area contributed by atoms with Gasteiger partial charge in [0.15, 0.2) is 5.60 Å². The second kappa shape index (κ2) is 8.30. The molecule has 0 spiro atoms. The zero-order valence-electron chi connectivity index (χ0n) is 15.4. The second-order valence-electron chi connectivity index (χ2n) is 7.44. The third-order valence-electron chi connectivity index (χ3n) is 5.46. The highest BCUT2D eigenvalue weighted by atomic mass is 16.5. The Morgan fingerprint density at radius 1 is 1.32 bits per heavy atom. The van der Waals surface area contributed by atoms with Crippen LogP contribution >= 0.6 is 0 Å². The first-order chi connectivity index (χ1) is 12.1. The monoisotopic (exact) mass is 346 g/mol. The minimum absolute atomic E-state index is 0.0732. The molecule has 2 aliphatic rings. The van der Waals surface area contributed by atoms with Crippen LogP contribution in [0.1, 0.15) is 38.2 Å². The fraction of sp³-hybridized carbons (Fsp3) is 0.650. The summed E-state index contributed by atoms with van der Waals surface area (Å²) in [7, 11) is 1.60. The van der Waals surface area contributed by atoms with Crippen molar-refractivity contribution in [3.63, 3.8) is 0 Å². The normalized spacial score (nSPS) is 24.0. The fourth-order valence-corrected chi connectivity index (χ4v) is 3.85. The lowest BCUT2D eigenvalue weighted by atomic mass is 9.93. The van der Waals surface area contributed by atoms with Crippen LogP contribution in [0.2, 0.25) is 0 Å². The van der Waals surface area contributed by atoms with Gasteiger partial charge in [-0.2, -0.15) is 0 Å². The Balaban J connectivity index is 1.57. The van der Waals surface area contributed by atoms with Gasteiger partial charge in [-0.05, 0) is 43.0 Å². The number of nitrogens with one attached hydrogen (secondary N) is 1. The van der Waals surface area contributed by atoms with Gasteiger partial charge in [0.1, 0.15) is 0 Å². The van der Waals surface area contributed by atoms with E-state index in [1.165, 1.54) is 31.5 Å². The van der Waals surface area contributed by atoms with Crippen molar-refractivity contribution in [3.8, 4) is 0 Å². The van der Waals surface area contributed by atoms with E-state index in [1.807, 2.05) is 12.1 Å². The van der Waals surface area contributed by atoms with E-state index < -0.39 is 5.60 Å². The molecule has 1 aromatic carbocycles. The molecule has 1 N–H and O–H groups in total. The summed E-state index contributed by atoms with van der Waals surface area (Å²) in [6, 6.07) is 8.20. The van der Waals surface area contributed by atoms with Gasteiger partial charge in [-0.25, -0.2) is 0 Å². The molecule has 0 radical (unpaired) electrons. The first kappa shape index (κ1) is 18.4. The highest BCUT2D eigenvalue weighted by Crippen LogP contribution is 2.26. The number of hydrogen-bond acceptors (Lipinski definition) is 4. The molecule has 3 rings (SSSR count). The van der Waals surface area contributed by atoms with Crippen LogP contribution in [-0.2, 0) is 20.8 Å². The number of piperidine rings is 1. The minimum atomic E-state index is -0.763. The number of rotatable bonds is 5. The van der Waals surface area contributed by atoms with E-state index >= 15 is 0 Å². The quantitative estimate of drug-likeness (QED) is 0.890. The first-order valence-corrected chi connectivity index (χ1v) is 9.37. The molecular weight excluding hydrogens is 316 g/mol. The van der Waals surface area contributed by atoms with E-state index in [9.17, 15) is 4.79 Å². The maximum absolute atomic E-state index is 12.7. The molecule has 0 bridgehead atoms. The van der Waals surface area contributed by atoms with Gasteiger partial charge in [-0.1, -0.05) is 19.1 Å². The highest BCUT2D eigenvalue weighted by molar-refractivity contribution is 5.97. The molecule has 25 heavy (non-hydrogen) atoms. The fourth-order valence-electron chi connectivity index (χ4n) is 3.85. The van der Waals surface area contributed by atoms with Crippen molar-refractivity contribution in [1.29, 1.82) is 0 Å². The Hall–Kier alpha value is -1.43. The van der Waals surface area contributed by atoms with Crippen LogP contribution in [-0.4, -0.2) is 49.8 Å². The molecule has 138 valence electrons. The number of ether oxygens (including phenoxy) is 2. The predicted molar refractivity (Wildman–Crippen MR) is 98.5 cm³/mol. The molecule has 0 unspecified atom stereocenters. The largest absolute Gasteiger partial charge is 0.381 e. The van der Waals surface area contributed by atoms with Gasteiger partial charge >= 0.3 is 0 Å². The average Bonchev–Trinajstić information content (AvgIpc) is 2.64. The van der Waals surface area contributed by atoms with Crippen molar-refractivity contribution >= 4 is 11.6 Å². The van der Waals surface area contributed by atoms with Crippen molar-refractivity contribution in [2.24, 2.45) is 5.92 Å². The number of methoxy groups -OCH3 is 1. The molecule has 5 heteroatoms. The van der Waals surface area contributed by atoms with Crippen LogP contribution in [0.25, 0.3) is 0 Å². The molecule has 2 saturated heterocycles. The van der Waals surface area contributed by atoms with Crippen LogP contribution in [0.15, 0.2) is 24.3 Å². The Bertz CT molecular complexity index is 567. The molecule has 1 atom stereocenters. The second-order valence-corrected chi connectivity index (χ2v) is 7.44. The van der Waals surface area contributed by atoms with E-state index in [2.05, 4.69) is 29.3 Å². The number of hydrogen-bond donors (Lipinski definition) is 1. The van der Waals surface area contributed by atoms with Gasteiger partial charge in [-0.3, -0.25) is 9.69 Å². The Kier molecular flexibility index (Phi) is 6.10. The topological polar surface area (TPSA) is 50.8 Å². The summed E-state index contributed by atoms with van der Waals surface area (Å²) in [5.74, 6) is 0.716. The maximum atomic E-state index is 12.7. The van der Waals surface area contributed by atoms with E-state index in [0.717, 1.165) is 18.2 Å². The lowest BCUT2D eigenvalue weighted by Gasteiger charge is -2.34. The molecule has 1 amide bonds. The lowest BCUT2D eigenvalue weighted by molar-refractivity contribution is -0.149. The third-order valence-corrected chi connectivity index (χ3v) is 5.46. The Morgan fingerprint density at radius 3 is 2.68 bits per heavy atom. The SMILES string of the molecule is COC1(C(=O)Nc2ccc(CN3CCC[C@H](C)C3)cc2)CCOCC1. The number of likely N-dealkylation sites (tertiary alicyclic amines) is 1. The summed E-state index contributed by atoms with van der Waals surface area (Å²) in [5.41, 5.74) is 1.35. The van der Waals surface area contributed by atoms with Crippen LogP contribution in [0, 0.1) is 5.92 Å². The van der Waals surface area contributed by atoms with Gasteiger partial charge in [0.2, 0.25) is 0 Å². The van der Waals surface area contributed by atoms with Crippen LogP contribution in [0.4, 0.5) is 5.69 Å². The highest BCUT2D eigenvalue weighted by Gasteiger charge is 2.40. The summed E-state index contributed by atoms with van der Waals surface area (Å²) in [6.07, 6.45) is 3.83. The third kappa shape index (κ3) is 4.60. The molecule has 2 fully saturated rings. The van der Waals surface area contributed by atoms with Gasteiger partial charge in [0.05, 0.1) is 0 Å². The zero-order valence-corrected chi connectivity index (χ0v) is 15.4. The van der Waals surface area contributed by atoms with E-state index in [-0.39, 0.29) is 5.91 Å². The Labute approximate surface area is 150 Å². The number of nitrogens with zero attached hydrogens (tertiary/aromatic N) is 1. The van der Waals surface area contributed by atoms with Gasteiger partial charge in [0.25, 0.3) is 5.91 Å². The van der Waals surface area contributed by atoms with Crippen molar-refractivity contribution in [3.05, 3.63) is 29.8 Å². The number of benzene rings is 1. The molecular formula is C20H30N2O3. The molecule has 0 aliphatic carbocycles. The predicted octanol–water partition coefficient (Wildman–Crippen LogP) is 3.05. The molecule has 2 heterocycles. The Morgan fingerprint density at radius 2 is 2.04 bits per heavy atom.